The second-order valence-corrected chi connectivity index (χ2v) is 6.58. The molecule has 0 bridgehead atoms. The number of nitrogens with zero attached hydrogens (tertiary/aromatic N) is 1. The van der Waals surface area contributed by atoms with Gasteiger partial charge in [0, 0.05) is 23.2 Å². The molecule has 1 aliphatic heterocycles. The first kappa shape index (κ1) is 16.7. The quantitative estimate of drug-likeness (QED) is 0.718. The molecule has 4 rings (SSSR count). The maximum atomic E-state index is 13.2. The molecule has 0 spiro atoms. The van der Waals surface area contributed by atoms with E-state index in [-0.39, 0.29) is 11.9 Å². The molecule has 2 heterocycles. The van der Waals surface area contributed by atoms with Gasteiger partial charge in [-0.25, -0.2) is 0 Å². The summed E-state index contributed by atoms with van der Waals surface area (Å²) >= 11 is 0. The minimum atomic E-state index is 0.0260. The molecule has 1 N–H and O–H groups in total. The number of ether oxygens (including phenoxy) is 2. The van der Waals surface area contributed by atoms with Gasteiger partial charge >= 0.3 is 0 Å². The van der Waals surface area contributed by atoms with Crippen molar-refractivity contribution in [3.05, 3.63) is 59.3 Å². The van der Waals surface area contributed by atoms with Crippen LogP contribution in [0.25, 0.3) is 10.9 Å². The number of likely N-dealkylation sites (N-methyl/N-ethyl adjacent to an activating group) is 1. The number of carbonyl (C=O) groups is 1. The lowest BCUT2D eigenvalue weighted by molar-refractivity contribution is 0.103. The molecule has 3 aromatic rings. The normalized spacial score (nSPS) is 15.7. The van der Waals surface area contributed by atoms with Crippen LogP contribution >= 0.6 is 0 Å². The summed E-state index contributed by atoms with van der Waals surface area (Å²) in [5.74, 6) is 1.60. The van der Waals surface area contributed by atoms with Gasteiger partial charge in [-0.2, -0.15) is 0 Å². The first-order valence-corrected chi connectivity index (χ1v) is 8.76. The van der Waals surface area contributed by atoms with E-state index in [0.717, 1.165) is 46.7 Å². The van der Waals surface area contributed by atoms with Crippen molar-refractivity contribution >= 4 is 16.7 Å². The molecule has 1 atom stereocenters. The van der Waals surface area contributed by atoms with Crippen LogP contribution in [0.2, 0.25) is 0 Å². The van der Waals surface area contributed by atoms with E-state index in [2.05, 4.69) is 9.88 Å². The fourth-order valence-corrected chi connectivity index (χ4v) is 3.75. The molecule has 0 radical (unpaired) electrons. The number of rotatable bonds is 5. The number of aromatic nitrogens is 1. The van der Waals surface area contributed by atoms with Crippen LogP contribution < -0.4 is 14.8 Å². The second-order valence-electron chi connectivity index (χ2n) is 6.58. The van der Waals surface area contributed by atoms with Crippen LogP contribution in [0, 0.1) is 6.92 Å². The molecule has 0 fully saturated rings. The molecule has 1 aromatic heterocycles. The van der Waals surface area contributed by atoms with Gasteiger partial charge in [0.2, 0.25) is 0 Å². The average Bonchev–Trinajstić information content (AvgIpc) is 2.95. The van der Waals surface area contributed by atoms with E-state index >= 15 is 0 Å². The van der Waals surface area contributed by atoms with E-state index in [1.165, 1.54) is 0 Å². The predicted molar refractivity (Wildman–Crippen MR) is 101 cm³/mol. The van der Waals surface area contributed by atoms with Gasteiger partial charge in [0.15, 0.2) is 5.78 Å². The van der Waals surface area contributed by atoms with Crippen molar-refractivity contribution in [1.29, 1.82) is 0 Å². The number of ketones is 1. The Morgan fingerprint density at radius 2 is 2.04 bits per heavy atom. The van der Waals surface area contributed by atoms with Crippen molar-refractivity contribution < 1.29 is 14.3 Å². The molecule has 0 amide bonds. The molecule has 5 nitrogen and oxygen atoms in total. The second kappa shape index (κ2) is 6.50. The molecule has 1 aliphatic rings. The molecular weight excluding hydrogens is 328 g/mol. The highest BCUT2D eigenvalue weighted by molar-refractivity contribution is 6.18. The van der Waals surface area contributed by atoms with Crippen LogP contribution in [0.3, 0.4) is 0 Å². The molecule has 5 heteroatoms. The first-order chi connectivity index (χ1) is 12.6. The zero-order chi connectivity index (χ0) is 18.3. The third-order valence-electron chi connectivity index (χ3n) is 5.00. The number of methoxy groups -OCH3 is 1. The van der Waals surface area contributed by atoms with Crippen LogP contribution in [0.1, 0.15) is 21.6 Å². The Morgan fingerprint density at radius 3 is 2.73 bits per heavy atom. The Labute approximate surface area is 152 Å². The molecular formula is C21H22N2O3. The summed E-state index contributed by atoms with van der Waals surface area (Å²) in [6, 6.07) is 13.2. The van der Waals surface area contributed by atoms with E-state index in [1.54, 1.807) is 7.11 Å². The maximum absolute atomic E-state index is 13.2. The summed E-state index contributed by atoms with van der Waals surface area (Å²) in [5.41, 5.74) is 3.40. The Balaban J connectivity index is 1.83. The SMILES string of the molecule is CNCC1Cn2c(C)c(C(=O)c3ccc(OC)cc3)c3cccc(c32)O1. The van der Waals surface area contributed by atoms with Gasteiger partial charge in [-0.05, 0) is 44.3 Å². The number of nitrogens with one attached hydrogen (secondary N) is 1. The van der Waals surface area contributed by atoms with Gasteiger partial charge in [0.1, 0.15) is 17.6 Å². The Bertz CT molecular complexity index is 973. The predicted octanol–water partition coefficient (Wildman–Crippen LogP) is 3.17. The van der Waals surface area contributed by atoms with Crippen LogP contribution in [0.5, 0.6) is 11.5 Å². The van der Waals surface area contributed by atoms with Gasteiger partial charge in [-0.15, -0.1) is 0 Å². The highest BCUT2D eigenvalue weighted by Gasteiger charge is 2.28. The summed E-state index contributed by atoms with van der Waals surface area (Å²) in [4.78, 5) is 13.2. The summed E-state index contributed by atoms with van der Waals surface area (Å²) < 4.78 is 13.5. The summed E-state index contributed by atoms with van der Waals surface area (Å²) in [5, 5.41) is 4.12. The molecule has 0 saturated carbocycles. The van der Waals surface area contributed by atoms with Crippen LogP contribution in [0.15, 0.2) is 42.5 Å². The average molecular weight is 350 g/mol. The van der Waals surface area contributed by atoms with Crippen LogP contribution in [-0.2, 0) is 6.54 Å². The lowest BCUT2D eigenvalue weighted by atomic mass is 10.0. The Morgan fingerprint density at radius 1 is 1.27 bits per heavy atom. The summed E-state index contributed by atoms with van der Waals surface area (Å²) in [6.45, 7) is 3.51. The monoisotopic (exact) mass is 350 g/mol. The maximum Gasteiger partial charge on any atom is 0.195 e. The third kappa shape index (κ3) is 2.56. The van der Waals surface area contributed by atoms with Crippen molar-refractivity contribution in [3.8, 4) is 11.5 Å². The first-order valence-electron chi connectivity index (χ1n) is 8.76. The molecule has 26 heavy (non-hydrogen) atoms. The fraction of sp³-hybridized carbons (Fsp3) is 0.286. The Kier molecular flexibility index (Phi) is 4.17. The zero-order valence-electron chi connectivity index (χ0n) is 15.2. The van der Waals surface area contributed by atoms with Gasteiger partial charge in [-0.3, -0.25) is 4.79 Å². The van der Waals surface area contributed by atoms with Crippen molar-refractivity contribution in [2.45, 2.75) is 19.6 Å². The van der Waals surface area contributed by atoms with E-state index in [1.807, 2.05) is 56.4 Å². The molecule has 134 valence electrons. The molecule has 0 aliphatic carbocycles. The van der Waals surface area contributed by atoms with E-state index < -0.39 is 0 Å². The number of benzene rings is 2. The van der Waals surface area contributed by atoms with E-state index in [9.17, 15) is 4.79 Å². The van der Waals surface area contributed by atoms with Crippen molar-refractivity contribution in [3.63, 3.8) is 0 Å². The number of carbonyl (C=O) groups excluding carboxylic acids is 1. The van der Waals surface area contributed by atoms with Gasteiger partial charge in [0.05, 0.1) is 24.7 Å². The van der Waals surface area contributed by atoms with E-state index in [4.69, 9.17) is 9.47 Å². The van der Waals surface area contributed by atoms with Gasteiger partial charge < -0.3 is 19.4 Å². The van der Waals surface area contributed by atoms with Crippen LogP contribution in [0.4, 0.5) is 0 Å². The van der Waals surface area contributed by atoms with E-state index in [0.29, 0.717) is 5.56 Å². The lowest BCUT2D eigenvalue weighted by Crippen LogP contribution is -2.35. The standard InChI is InChI=1S/C21H22N2O3/c1-13-19(21(24)14-7-9-15(25-3)10-8-14)17-5-4-6-18-20(17)23(13)12-16(26-18)11-22-2/h4-10,16,22H,11-12H2,1-3H3. The number of hydrogen-bond acceptors (Lipinski definition) is 4. The van der Waals surface area contributed by atoms with Crippen LogP contribution in [-0.4, -0.2) is 37.2 Å². The topological polar surface area (TPSA) is 52.5 Å². The van der Waals surface area contributed by atoms with Gasteiger partial charge in [-0.1, -0.05) is 12.1 Å². The van der Waals surface area contributed by atoms with Gasteiger partial charge in [0.25, 0.3) is 0 Å². The highest BCUT2D eigenvalue weighted by atomic mass is 16.5. The minimum Gasteiger partial charge on any atom is -0.497 e. The number of hydrogen-bond donors (Lipinski definition) is 1. The third-order valence-corrected chi connectivity index (χ3v) is 5.00. The van der Waals surface area contributed by atoms with Crippen molar-refractivity contribution in [2.24, 2.45) is 0 Å². The van der Waals surface area contributed by atoms with Crippen molar-refractivity contribution in [1.82, 2.24) is 9.88 Å². The number of para-hydroxylation sites is 1. The molecule has 0 saturated heterocycles. The lowest BCUT2D eigenvalue weighted by Gasteiger charge is -2.26. The van der Waals surface area contributed by atoms with Crippen molar-refractivity contribution in [2.75, 3.05) is 20.7 Å². The molecule has 1 unspecified atom stereocenters. The Hall–Kier alpha value is -2.79. The fourth-order valence-electron chi connectivity index (χ4n) is 3.75. The largest absolute Gasteiger partial charge is 0.497 e. The zero-order valence-corrected chi connectivity index (χ0v) is 15.2. The highest BCUT2D eigenvalue weighted by Crippen LogP contribution is 2.37. The smallest absolute Gasteiger partial charge is 0.195 e. The molecule has 2 aromatic carbocycles. The minimum absolute atomic E-state index is 0.0260. The summed E-state index contributed by atoms with van der Waals surface area (Å²) in [7, 11) is 3.54. The summed E-state index contributed by atoms with van der Waals surface area (Å²) in [6.07, 6.45) is 0.0492.